The molecule has 1 aliphatic rings. The Morgan fingerprint density at radius 3 is 2.71 bits per heavy atom. The van der Waals surface area contributed by atoms with Crippen LogP contribution >= 0.6 is 0 Å². The summed E-state index contributed by atoms with van der Waals surface area (Å²) in [6.45, 7) is 3.01. The van der Waals surface area contributed by atoms with E-state index in [1.54, 1.807) is 7.11 Å². The third-order valence-corrected chi connectivity index (χ3v) is 3.53. The molecule has 0 saturated carbocycles. The predicted molar refractivity (Wildman–Crippen MR) is 70.2 cm³/mol. The summed E-state index contributed by atoms with van der Waals surface area (Å²) < 4.78 is 5.28. The van der Waals surface area contributed by atoms with Gasteiger partial charge in [-0.3, -0.25) is 4.90 Å². The molecule has 17 heavy (non-hydrogen) atoms. The minimum atomic E-state index is 0.338. The number of methoxy groups -OCH3 is 1. The quantitative estimate of drug-likeness (QED) is 0.868. The van der Waals surface area contributed by atoms with E-state index in [0.29, 0.717) is 12.6 Å². The van der Waals surface area contributed by atoms with Crippen molar-refractivity contribution in [3.63, 3.8) is 0 Å². The maximum atomic E-state index is 5.94. The Morgan fingerprint density at radius 2 is 2.06 bits per heavy atom. The monoisotopic (exact) mass is 234 g/mol. The van der Waals surface area contributed by atoms with Gasteiger partial charge in [-0.15, -0.1) is 0 Å². The van der Waals surface area contributed by atoms with Crippen LogP contribution in [0.5, 0.6) is 5.75 Å². The Labute approximate surface area is 104 Å². The Balaban J connectivity index is 2.15. The lowest BCUT2D eigenvalue weighted by molar-refractivity contribution is 0.167. The minimum Gasteiger partial charge on any atom is -0.497 e. The van der Waals surface area contributed by atoms with Crippen LogP contribution in [-0.4, -0.2) is 31.6 Å². The van der Waals surface area contributed by atoms with E-state index >= 15 is 0 Å². The normalized spacial score (nSPS) is 18.9. The Morgan fingerprint density at radius 1 is 1.29 bits per heavy atom. The molecule has 1 unspecified atom stereocenters. The molecule has 1 aromatic rings. The average Bonchev–Trinajstić information content (AvgIpc) is 2.41. The second-order valence-electron chi connectivity index (χ2n) is 4.62. The van der Waals surface area contributed by atoms with E-state index in [9.17, 15) is 0 Å². The Bertz CT molecular complexity index is 348. The fourth-order valence-electron chi connectivity index (χ4n) is 2.57. The van der Waals surface area contributed by atoms with Crippen LogP contribution in [0, 0.1) is 0 Å². The molecule has 2 N–H and O–H groups in total. The number of rotatable bonds is 4. The molecule has 0 radical (unpaired) electrons. The molecule has 1 atom stereocenters. The van der Waals surface area contributed by atoms with Crippen molar-refractivity contribution in [2.24, 2.45) is 5.73 Å². The van der Waals surface area contributed by atoms with Gasteiger partial charge >= 0.3 is 0 Å². The predicted octanol–water partition coefficient (Wildman–Crippen LogP) is 2.18. The fourth-order valence-corrected chi connectivity index (χ4v) is 2.57. The van der Waals surface area contributed by atoms with Crippen LogP contribution < -0.4 is 10.5 Å². The summed E-state index contributed by atoms with van der Waals surface area (Å²) in [6, 6.07) is 8.61. The first-order chi connectivity index (χ1) is 8.35. The third kappa shape index (κ3) is 2.99. The van der Waals surface area contributed by atoms with Gasteiger partial charge in [0.05, 0.1) is 7.11 Å². The molecule has 2 rings (SSSR count). The standard InChI is InChI=1S/C14H22N2O/c1-17-13-7-5-6-12(10-13)14(11-15)16-8-3-2-4-9-16/h5-7,10,14H,2-4,8-9,11,15H2,1H3. The highest BCUT2D eigenvalue weighted by atomic mass is 16.5. The SMILES string of the molecule is COc1cccc(C(CN)N2CCCCC2)c1. The van der Waals surface area contributed by atoms with Gasteiger partial charge in [0.25, 0.3) is 0 Å². The van der Waals surface area contributed by atoms with Crippen LogP contribution in [0.2, 0.25) is 0 Å². The van der Waals surface area contributed by atoms with Gasteiger partial charge in [0, 0.05) is 12.6 Å². The smallest absolute Gasteiger partial charge is 0.119 e. The first kappa shape index (κ1) is 12.4. The van der Waals surface area contributed by atoms with E-state index in [1.165, 1.54) is 37.9 Å². The molecule has 3 heteroatoms. The number of nitrogens with two attached hydrogens (primary N) is 1. The average molecular weight is 234 g/mol. The molecule has 1 fully saturated rings. The molecule has 3 nitrogen and oxygen atoms in total. The maximum Gasteiger partial charge on any atom is 0.119 e. The summed E-state index contributed by atoms with van der Waals surface area (Å²) in [5.41, 5.74) is 7.22. The molecule has 1 aliphatic heterocycles. The van der Waals surface area contributed by atoms with Gasteiger partial charge in [0.1, 0.15) is 5.75 Å². The summed E-state index contributed by atoms with van der Waals surface area (Å²) in [4.78, 5) is 2.50. The number of nitrogens with zero attached hydrogens (tertiary/aromatic N) is 1. The minimum absolute atomic E-state index is 0.338. The highest BCUT2D eigenvalue weighted by Gasteiger charge is 2.21. The van der Waals surface area contributed by atoms with Crippen LogP contribution in [-0.2, 0) is 0 Å². The fraction of sp³-hybridized carbons (Fsp3) is 0.571. The van der Waals surface area contributed by atoms with E-state index in [1.807, 2.05) is 12.1 Å². The van der Waals surface area contributed by atoms with Crippen molar-refractivity contribution in [1.29, 1.82) is 0 Å². The van der Waals surface area contributed by atoms with Gasteiger partial charge in [-0.05, 0) is 43.6 Å². The lowest BCUT2D eigenvalue weighted by Gasteiger charge is -2.34. The molecule has 0 aliphatic carbocycles. The van der Waals surface area contributed by atoms with Crippen molar-refractivity contribution in [1.82, 2.24) is 4.90 Å². The highest BCUT2D eigenvalue weighted by Crippen LogP contribution is 2.26. The molecule has 1 saturated heterocycles. The van der Waals surface area contributed by atoms with Crippen LogP contribution in [0.15, 0.2) is 24.3 Å². The highest BCUT2D eigenvalue weighted by molar-refractivity contribution is 5.30. The summed E-state index contributed by atoms with van der Waals surface area (Å²) in [6.07, 6.45) is 3.94. The second-order valence-corrected chi connectivity index (χ2v) is 4.62. The van der Waals surface area contributed by atoms with E-state index in [-0.39, 0.29) is 0 Å². The topological polar surface area (TPSA) is 38.5 Å². The maximum absolute atomic E-state index is 5.94. The number of piperidine rings is 1. The Kier molecular flexibility index (Phi) is 4.40. The number of ether oxygens (including phenoxy) is 1. The molecule has 0 amide bonds. The van der Waals surface area contributed by atoms with Crippen molar-refractivity contribution in [3.8, 4) is 5.75 Å². The van der Waals surface area contributed by atoms with Crippen LogP contribution in [0.1, 0.15) is 30.9 Å². The van der Waals surface area contributed by atoms with Crippen LogP contribution in [0.4, 0.5) is 0 Å². The molecule has 1 heterocycles. The van der Waals surface area contributed by atoms with Gasteiger partial charge in [0.2, 0.25) is 0 Å². The van der Waals surface area contributed by atoms with Crippen LogP contribution in [0.25, 0.3) is 0 Å². The zero-order valence-corrected chi connectivity index (χ0v) is 10.6. The first-order valence-electron chi connectivity index (χ1n) is 6.43. The molecule has 0 aromatic heterocycles. The van der Waals surface area contributed by atoms with E-state index < -0.39 is 0 Å². The summed E-state index contributed by atoms with van der Waals surface area (Å²) in [5.74, 6) is 0.915. The lowest BCUT2D eigenvalue weighted by atomic mass is 10.0. The summed E-state index contributed by atoms with van der Waals surface area (Å²) in [7, 11) is 1.71. The second kappa shape index (κ2) is 6.03. The lowest BCUT2D eigenvalue weighted by Crippen LogP contribution is -2.37. The van der Waals surface area contributed by atoms with Gasteiger partial charge < -0.3 is 10.5 Å². The first-order valence-corrected chi connectivity index (χ1v) is 6.43. The van der Waals surface area contributed by atoms with Gasteiger partial charge in [-0.2, -0.15) is 0 Å². The van der Waals surface area contributed by atoms with E-state index in [0.717, 1.165) is 5.75 Å². The van der Waals surface area contributed by atoms with E-state index in [4.69, 9.17) is 10.5 Å². The molecule has 1 aromatic carbocycles. The van der Waals surface area contributed by atoms with Crippen LogP contribution in [0.3, 0.4) is 0 Å². The summed E-state index contributed by atoms with van der Waals surface area (Å²) >= 11 is 0. The molecule has 0 bridgehead atoms. The number of hydrogen-bond acceptors (Lipinski definition) is 3. The third-order valence-electron chi connectivity index (χ3n) is 3.53. The zero-order chi connectivity index (χ0) is 12.1. The molecule has 94 valence electrons. The van der Waals surface area contributed by atoms with Crippen molar-refractivity contribution >= 4 is 0 Å². The number of likely N-dealkylation sites (tertiary alicyclic amines) is 1. The molecule has 0 spiro atoms. The van der Waals surface area contributed by atoms with Crippen molar-refractivity contribution in [3.05, 3.63) is 29.8 Å². The van der Waals surface area contributed by atoms with Gasteiger partial charge in [-0.1, -0.05) is 18.6 Å². The summed E-state index contributed by atoms with van der Waals surface area (Å²) in [5, 5.41) is 0. The van der Waals surface area contributed by atoms with Crippen molar-refractivity contribution < 1.29 is 4.74 Å². The van der Waals surface area contributed by atoms with Crippen molar-refractivity contribution in [2.75, 3.05) is 26.7 Å². The van der Waals surface area contributed by atoms with Gasteiger partial charge in [-0.25, -0.2) is 0 Å². The molecular formula is C14H22N2O. The largest absolute Gasteiger partial charge is 0.497 e. The Hall–Kier alpha value is -1.06. The van der Waals surface area contributed by atoms with Crippen molar-refractivity contribution in [2.45, 2.75) is 25.3 Å². The number of hydrogen-bond donors (Lipinski definition) is 1. The number of benzene rings is 1. The van der Waals surface area contributed by atoms with E-state index in [2.05, 4.69) is 17.0 Å². The zero-order valence-electron chi connectivity index (χ0n) is 10.6. The molecular weight excluding hydrogens is 212 g/mol. The van der Waals surface area contributed by atoms with Gasteiger partial charge in [0.15, 0.2) is 0 Å².